The van der Waals surface area contributed by atoms with Crippen molar-refractivity contribution >= 4 is 29.5 Å². The number of ketones is 1. The number of rotatable bonds is 3. The second-order valence-electron chi connectivity index (χ2n) is 8.27. The van der Waals surface area contributed by atoms with E-state index in [4.69, 9.17) is 0 Å². The molecule has 0 spiro atoms. The van der Waals surface area contributed by atoms with E-state index in [0.29, 0.717) is 11.3 Å². The van der Waals surface area contributed by atoms with Gasteiger partial charge in [0.2, 0.25) is 11.8 Å². The third-order valence-electron chi connectivity index (χ3n) is 6.63. The van der Waals surface area contributed by atoms with E-state index in [1.807, 2.05) is 36.4 Å². The van der Waals surface area contributed by atoms with Gasteiger partial charge in [-0.2, -0.15) is 5.10 Å². The second-order valence-corrected chi connectivity index (χ2v) is 8.27. The molecule has 2 saturated heterocycles. The summed E-state index contributed by atoms with van der Waals surface area (Å²) in [5, 5.41) is 6.26. The number of hydrogen-bond acceptors (Lipinski definition) is 5. The smallest absolute Gasteiger partial charge is 0.240 e. The number of nitrogens with zero attached hydrogens (tertiary/aromatic N) is 3. The van der Waals surface area contributed by atoms with E-state index in [-0.39, 0.29) is 17.6 Å². The Labute approximate surface area is 184 Å². The number of para-hydroxylation sites is 1. The lowest BCUT2D eigenvalue weighted by Crippen LogP contribution is -2.44. The first-order valence-corrected chi connectivity index (χ1v) is 10.6. The molecule has 0 aliphatic carbocycles. The van der Waals surface area contributed by atoms with Crippen LogP contribution in [0, 0.1) is 11.8 Å². The van der Waals surface area contributed by atoms with Gasteiger partial charge in [-0.05, 0) is 23.3 Å². The van der Waals surface area contributed by atoms with Crippen molar-refractivity contribution in [3.63, 3.8) is 0 Å². The monoisotopic (exact) mass is 421 g/mol. The van der Waals surface area contributed by atoms with Crippen LogP contribution in [-0.2, 0) is 9.59 Å². The van der Waals surface area contributed by atoms with E-state index in [1.54, 1.807) is 59.8 Å². The highest BCUT2D eigenvalue weighted by Gasteiger charge is 2.65. The van der Waals surface area contributed by atoms with Crippen LogP contribution < -0.4 is 4.90 Å². The molecule has 32 heavy (non-hydrogen) atoms. The lowest BCUT2D eigenvalue weighted by Gasteiger charge is -2.33. The molecule has 3 aliphatic heterocycles. The fourth-order valence-electron chi connectivity index (χ4n) is 5.27. The van der Waals surface area contributed by atoms with Gasteiger partial charge < -0.3 is 0 Å². The maximum Gasteiger partial charge on any atom is 0.240 e. The van der Waals surface area contributed by atoms with Crippen LogP contribution in [0.1, 0.15) is 27.5 Å². The molecule has 3 aromatic rings. The minimum absolute atomic E-state index is 0.198. The molecule has 3 aromatic carbocycles. The molecule has 2 fully saturated rings. The fraction of sp³-hybridized carbons (Fsp3) is 0.154. The zero-order chi connectivity index (χ0) is 21.8. The first kappa shape index (κ1) is 18.7. The van der Waals surface area contributed by atoms with Crippen molar-refractivity contribution in [2.24, 2.45) is 16.9 Å². The number of carbonyl (C=O) groups excluding carboxylic acids is 3. The normalized spacial score (nSPS) is 25.5. The third kappa shape index (κ3) is 2.52. The van der Waals surface area contributed by atoms with Gasteiger partial charge in [-0.25, -0.2) is 4.90 Å². The number of carbonyl (C=O) groups is 3. The molecular formula is C26H19N3O3. The summed E-state index contributed by atoms with van der Waals surface area (Å²) in [6, 6.07) is 24.2. The lowest BCUT2D eigenvalue weighted by atomic mass is 9.83. The van der Waals surface area contributed by atoms with E-state index in [2.05, 4.69) is 5.10 Å². The van der Waals surface area contributed by atoms with Crippen LogP contribution in [0.15, 0.2) is 90.0 Å². The highest BCUT2D eigenvalue weighted by atomic mass is 16.2. The first-order valence-electron chi connectivity index (χ1n) is 10.6. The highest BCUT2D eigenvalue weighted by molar-refractivity contribution is 6.24. The largest absolute Gasteiger partial charge is 0.292 e. The topological polar surface area (TPSA) is 70.0 Å². The molecule has 3 aliphatic rings. The summed E-state index contributed by atoms with van der Waals surface area (Å²) in [5.74, 6) is -2.31. The summed E-state index contributed by atoms with van der Waals surface area (Å²) in [6.45, 7) is 0. The Hall–Kier alpha value is -4.06. The summed E-state index contributed by atoms with van der Waals surface area (Å²) in [6.07, 6.45) is 1.71. The standard InChI is InChI=1S/C26H19N3O3/c30-24(16-9-3-1-4-10-16)23-21-20(22-19-14-8-7-11-17(19)15-27-29(22)23)25(31)28(26(21)32)18-12-5-2-6-13-18/h1-15,20-23H/t20-,21-,22+,23+/m1/s1. The van der Waals surface area contributed by atoms with Crippen molar-refractivity contribution in [1.29, 1.82) is 0 Å². The van der Waals surface area contributed by atoms with Crippen molar-refractivity contribution in [3.05, 3.63) is 102 Å². The summed E-state index contributed by atoms with van der Waals surface area (Å²) in [5.41, 5.74) is 2.85. The van der Waals surface area contributed by atoms with E-state index in [9.17, 15) is 14.4 Å². The molecule has 6 heteroatoms. The lowest BCUT2D eigenvalue weighted by molar-refractivity contribution is -0.124. The molecule has 156 valence electrons. The van der Waals surface area contributed by atoms with Crippen LogP contribution in [0.25, 0.3) is 0 Å². The van der Waals surface area contributed by atoms with E-state index >= 15 is 0 Å². The van der Waals surface area contributed by atoms with Gasteiger partial charge in [0.15, 0.2) is 5.78 Å². The maximum absolute atomic E-state index is 13.7. The van der Waals surface area contributed by atoms with Crippen molar-refractivity contribution in [1.82, 2.24) is 5.01 Å². The number of Topliss-reactive ketones (excluding diaryl/α,β-unsaturated/α-hetero) is 1. The molecule has 0 aromatic heterocycles. The molecule has 3 heterocycles. The number of hydrazone groups is 1. The van der Waals surface area contributed by atoms with Gasteiger partial charge in [0.05, 0.1) is 29.8 Å². The number of fused-ring (bicyclic) bond motifs is 5. The Morgan fingerprint density at radius 2 is 1.38 bits per heavy atom. The van der Waals surface area contributed by atoms with Gasteiger partial charge in [-0.3, -0.25) is 19.4 Å². The predicted octanol–water partition coefficient (Wildman–Crippen LogP) is 3.45. The Morgan fingerprint density at radius 3 is 2.12 bits per heavy atom. The van der Waals surface area contributed by atoms with Crippen molar-refractivity contribution in [2.45, 2.75) is 12.1 Å². The van der Waals surface area contributed by atoms with Crippen LogP contribution in [0.5, 0.6) is 0 Å². The van der Waals surface area contributed by atoms with Gasteiger partial charge >= 0.3 is 0 Å². The molecule has 0 saturated carbocycles. The number of amides is 2. The SMILES string of the molecule is O=C(c1ccccc1)[C@@H]1[C@@H]2C(=O)N(c3ccccc3)C(=O)[C@H]2[C@@H]2c3ccccc3C=NN12. The maximum atomic E-state index is 13.7. The molecule has 0 N–H and O–H groups in total. The Kier molecular flexibility index (Phi) is 4.08. The van der Waals surface area contributed by atoms with Crippen LogP contribution in [0.4, 0.5) is 5.69 Å². The van der Waals surface area contributed by atoms with E-state index in [1.165, 1.54) is 4.90 Å². The molecular weight excluding hydrogens is 402 g/mol. The zero-order valence-corrected chi connectivity index (χ0v) is 17.0. The Balaban J connectivity index is 1.51. The molecule has 0 radical (unpaired) electrons. The van der Waals surface area contributed by atoms with Crippen molar-refractivity contribution in [2.75, 3.05) is 4.90 Å². The predicted molar refractivity (Wildman–Crippen MR) is 119 cm³/mol. The van der Waals surface area contributed by atoms with Crippen LogP contribution in [0.2, 0.25) is 0 Å². The first-order chi connectivity index (χ1) is 15.7. The van der Waals surface area contributed by atoms with Gasteiger partial charge in [0.25, 0.3) is 0 Å². The number of imide groups is 1. The van der Waals surface area contributed by atoms with E-state index in [0.717, 1.165) is 11.1 Å². The molecule has 0 unspecified atom stereocenters. The quantitative estimate of drug-likeness (QED) is 0.480. The summed E-state index contributed by atoms with van der Waals surface area (Å²) in [4.78, 5) is 42.3. The van der Waals surface area contributed by atoms with Crippen molar-refractivity contribution < 1.29 is 14.4 Å². The summed E-state index contributed by atoms with van der Waals surface area (Å²) < 4.78 is 0. The molecule has 6 rings (SSSR count). The third-order valence-corrected chi connectivity index (χ3v) is 6.63. The average Bonchev–Trinajstić information content (AvgIpc) is 3.32. The van der Waals surface area contributed by atoms with Crippen molar-refractivity contribution in [3.8, 4) is 0 Å². The number of hydrogen-bond donors (Lipinski definition) is 0. The van der Waals surface area contributed by atoms with Gasteiger partial charge in [0, 0.05) is 5.56 Å². The highest BCUT2D eigenvalue weighted by Crippen LogP contribution is 2.53. The summed E-state index contributed by atoms with van der Waals surface area (Å²) >= 11 is 0. The number of benzene rings is 3. The zero-order valence-electron chi connectivity index (χ0n) is 17.0. The number of anilines is 1. The molecule has 0 bridgehead atoms. The minimum atomic E-state index is -0.845. The average molecular weight is 421 g/mol. The van der Waals surface area contributed by atoms with E-state index < -0.39 is 23.9 Å². The van der Waals surface area contributed by atoms with Gasteiger partial charge in [0.1, 0.15) is 6.04 Å². The minimum Gasteiger partial charge on any atom is -0.292 e. The van der Waals surface area contributed by atoms with Crippen LogP contribution >= 0.6 is 0 Å². The second kappa shape index (κ2) is 6.99. The Morgan fingerprint density at radius 1 is 0.750 bits per heavy atom. The Bertz CT molecular complexity index is 1270. The molecule has 2 amide bonds. The van der Waals surface area contributed by atoms with Gasteiger partial charge in [-0.1, -0.05) is 72.8 Å². The molecule has 4 atom stereocenters. The van der Waals surface area contributed by atoms with Gasteiger partial charge in [-0.15, -0.1) is 0 Å². The van der Waals surface area contributed by atoms with Crippen LogP contribution in [-0.4, -0.2) is 34.9 Å². The molecule has 6 nitrogen and oxygen atoms in total. The van der Waals surface area contributed by atoms with Crippen LogP contribution in [0.3, 0.4) is 0 Å². The fourth-order valence-corrected chi connectivity index (χ4v) is 5.27. The summed E-state index contributed by atoms with van der Waals surface area (Å²) in [7, 11) is 0.